The molecule has 0 unspecified atom stereocenters. The molecule has 0 N–H and O–H groups in total. The summed E-state index contributed by atoms with van der Waals surface area (Å²) in [5.41, 5.74) is 0. The van der Waals surface area contributed by atoms with E-state index in [2.05, 4.69) is 0 Å². The summed E-state index contributed by atoms with van der Waals surface area (Å²) in [7, 11) is 1.65. The van der Waals surface area contributed by atoms with Gasteiger partial charge in [-0.2, -0.15) is 0 Å². The molecule has 21 heavy (non-hydrogen) atoms. The summed E-state index contributed by atoms with van der Waals surface area (Å²) in [5.74, 6) is 0.205. The molecule has 0 aliphatic carbocycles. The highest BCUT2D eigenvalue weighted by atomic mass is 19.1. The van der Waals surface area contributed by atoms with Crippen molar-refractivity contribution in [1.29, 1.82) is 0 Å². The number of benzene rings is 1. The summed E-state index contributed by atoms with van der Waals surface area (Å²) in [6.07, 6.45) is 4.55. The molecule has 2 rings (SSSR count). The summed E-state index contributed by atoms with van der Waals surface area (Å²) >= 11 is 0. The van der Waals surface area contributed by atoms with Gasteiger partial charge in [0.1, 0.15) is 12.4 Å². The monoisotopic (exact) mass is 289 g/mol. The third kappa shape index (κ3) is 4.49. The van der Waals surface area contributed by atoms with Crippen LogP contribution in [0.2, 0.25) is 0 Å². The van der Waals surface area contributed by atoms with E-state index >= 15 is 0 Å². The minimum Gasteiger partial charge on any atom is -0.489 e. The Bertz CT molecular complexity index is 608. The van der Waals surface area contributed by atoms with Crippen molar-refractivity contribution in [3.63, 3.8) is 0 Å². The second-order valence-corrected chi connectivity index (χ2v) is 4.39. The van der Waals surface area contributed by atoms with Gasteiger partial charge in [0.15, 0.2) is 11.6 Å². The third-order valence-corrected chi connectivity index (χ3v) is 2.83. The molecule has 0 saturated carbocycles. The Morgan fingerprint density at radius 2 is 2.14 bits per heavy atom. The Morgan fingerprint density at radius 3 is 2.86 bits per heavy atom. The number of hydrogen-bond donors (Lipinski definition) is 0. The van der Waals surface area contributed by atoms with E-state index in [0.29, 0.717) is 12.3 Å². The quantitative estimate of drug-likeness (QED) is 0.768. The predicted octanol–water partition coefficient (Wildman–Crippen LogP) is 2.97. The number of halogens is 1. The Labute approximate surface area is 122 Å². The number of rotatable bonds is 6. The van der Waals surface area contributed by atoms with Crippen molar-refractivity contribution in [2.75, 3.05) is 20.2 Å². The Balaban J connectivity index is 1.78. The van der Waals surface area contributed by atoms with Crippen molar-refractivity contribution in [3.05, 3.63) is 60.3 Å². The lowest BCUT2D eigenvalue weighted by molar-refractivity contribution is -0.125. The number of carbonyl (C=O) groups excluding carboxylic acids is 1. The largest absolute Gasteiger partial charge is 0.489 e. The first-order chi connectivity index (χ1) is 10.2. The number of ether oxygens (including phenoxy) is 1. The van der Waals surface area contributed by atoms with Crippen LogP contribution in [0.5, 0.6) is 5.75 Å². The van der Waals surface area contributed by atoms with E-state index in [9.17, 15) is 9.18 Å². The van der Waals surface area contributed by atoms with Crippen molar-refractivity contribution in [1.82, 2.24) is 4.90 Å². The third-order valence-electron chi connectivity index (χ3n) is 2.83. The lowest BCUT2D eigenvalue weighted by atomic mass is 10.3. The van der Waals surface area contributed by atoms with Crippen molar-refractivity contribution >= 4 is 12.0 Å². The molecule has 1 heterocycles. The maximum Gasteiger partial charge on any atom is 0.246 e. The van der Waals surface area contributed by atoms with Crippen molar-refractivity contribution in [3.8, 4) is 5.75 Å². The van der Waals surface area contributed by atoms with Gasteiger partial charge in [-0.3, -0.25) is 4.79 Å². The Hall–Kier alpha value is -2.56. The van der Waals surface area contributed by atoms with Crippen molar-refractivity contribution < 1.29 is 18.3 Å². The molecule has 4 nitrogen and oxygen atoms in total. The zero-order valence-corrected chi connectivity index (χ0v) is 11.7. The van der Waals surface area contributed by atoms with Gasteiger partial charge < -0.3 is 14.1 Å². The molecule has 0 bridgehead atoms. The molecule has 0 radical (unpaired) electrons. The Morgan fingerprint density at radius 1 is 1.33 bits per heavy atom. The van der Waals surface area contributed by atoms with E-state index in [-0.39, 0.29) is 18.3 Å². The van der Waals surface area contributed by atoms with Crippen LogP contribution in [0, 0.1) is 5.82 Å². The molecule has 2 aromatic rings. The van der Waals surface area contributed by atoms with E-state index in [4.69, 9.17) is 9.15 Å². The SMILES string of the molecule is CN(CCOc1ccccc1F)C(=O)/C=C/c1ccco1. The molecule has 0 fully saturated rings. The first-order valence-corrected chi connectivity index (χ1v) is 6.51. The van der Waals surface area contributed by atoms with Crippen LogP contribution in [0.15, 0.2) is 53.2 Å². The predicted molar refractivity (Wildman–Crippen MR) is 77.3 cm³/mol. The average Bonchev–Trinajstić information content (AvgIpc) is 3.00. The van der Waals surface area contributed by atoms with Crippen LogP contribution in [0.3, 0.4) is 0 Å². The molecule has 110 valence electrons. The Kier molecular flexibility index (Phi) is 5.15. The fourth-order valence-electron chi connectivity index (χ4n) is 1.63. The van der Waals surface area contributed by atoms with Gasteiger partial charge in [-0.05, 0) is 30.3 Å². The molecule has 1 amide bonds. The number of furan rings is 1. The molecule has 0 atom stereocenters. The van der Waals surface area contributed by atoms with Crippen molar-refractivity contribution in [2.24, 2.45) is 0 Å². The van der Waals surface area contributed by atoms with Gasteiger partial charge in [0.2, 0.25) is 5.91 Å². The normalized spacial score (nSPS) is 10.8. The number of nitrogens with zero attached hydrogens (tertiary/aromatic N) is 1. The molecule has 5 heteroatoms. The molecule has 1 aromatic carbocycles. The van der Waals surface area contributed by atoms with Crippen LogP contribution in [-0.2, 0) is 4.79 Å². The summed E-state index contributed by atoms with van der Waals surface area (Å²) in [4.78, 5) is 13.3. The second kappa shape index (κ2) is 7.28. The van der Waals surface area contributed by atoms with Crippen LogP contribution < -0.4 is 4.74 Å². The molecular formula is C16H16FNO3. The van der Waals surface area contributed by atoms with Gasteiger partial charge in [-0.25, -0.2) is 4.39 Å². The molecular weight excluding hydrogens is 273 g/mol. The van der Waals surface area contributed by atoms with Gasteiger partial charge in [0.05, 0.1) is 12.8 Å². The fraction of sp³-hybridized carbons (Fsp3) is 0.188. The van der Waals surface area contributed by atoms with E-state index in [1.165, 1.54) is 23.3 Å². The molecule has 0 aliphatic heterocycles. The number of likely N-dealkylation sites (N-methyl/N-ethyl adjacent to an activating group) is 1. The first-order valence-electron chi connectivity index (χ1n) is 6.51. The van der Waals surface area contributed by atoms with Gasteiger partial charge in [-0.1, -0.05) is 12.1 Å². The summed E-state index contributed by atoms with van der Waals surface area (Å²) in [6.45, 7) is 0.577. The molecule has 0 saturated heterocycles. The lowest BCUT2D eigenvalue weighted by Crippen LogP contribution is -2.29. The van der Waals surface area contributed by atoms with E-state index in [1.54, 1.807) is 43.5 Å². The minimum atomic E-state index is -0.413. The van der Waals surface area contributed by atoms with Gasteiger partial charge in [0.25, 0.3) is 0 Å². The topological polar surface area (TPSA) is 42.7 Å². The van der Waals surface area contributed by atoms with Crippen LogP contribution in [0.25, 0.3) is 6.08 Å². The van der Waals surface area contributed by atoms with Crippen LogP contribution in [0.1, 0.15) is 5.76 Å². The summed E-state index contributed by atoms with van der Waals surface area (Å²) in [5, 5.41) is 0. The van der Waals surface area contributed by atoms with Crippen LogP contribution in [-0.4, -0.2) is 31.0 Å². The van der Waals surface area contributed by atoms with Gasteiger partial charge in [-0.15, -0.1) is 0 Å². The van der Waals surface area contributed by atoms with Gasteiger partial charge >= 0.3 is 0 Å². The molecule has 1 aromatic heterocycles. The molecule has 0 spiro atoms. The maximum atomic E-state index is 13.3. The highest BCUT2D eigenvalue weighted by Gasteiger charge is 2.06. The highest BCUT2D eigenvalue weighted by molar-refractivity contribution is 5.91. The number of hydrogen-bond acceptors (Lipinski definition) is 3. The number of para-hydroxylation sites is 1. The van der Waals surface area contributed by atoms with Crippen LogP contribution >= 0.6 is 0 Å². The summed E-state index contributed by atoms with van der Waals surface area (Å²) in [6, 6.07) is 9.67. The standard InChI is InChI=1S/C16H16FNO3/c1-18(16(19)9-8-13-5-4-11-20-13)10-12-21-15-7-3-2-6-14(15)17/h2-9,11H,10,12H2,1H3/b9-8+. The second-order valence-electron chi connectivity index (χ2n) is 4.39. The van der Waals surface area contributed by atoms with E-state index < -0.39 is 5.82 Å². The number of carbonyl (C=O) groups is 1. The lowest BCUT2D eigenvalue weighted by Gasteiger charge is -2.15. The first kappa shape index (κ1) is 14.8. The zero-order valence-electron chi connectivity index (χ0n) is 11.7. The van der Waals surface area contributed by atoms with Crippen molar-refractivity contribution in [2.45, 2.75) is 0 Å². The minimum absolute atomic E-state index is 0.177. The highest BCUT2D eigenvalue weighted by Crippen LogP contribution is 2.15. The van der Waals surface area contributed by atoms with E-state index in [1.807, 2.05) is 0 Å². The average molecular weight is 289 g/mol. The smallest absolute Gasteiger partial charge is 0.246 e. The van der Waals surface area contributed by atoms with Crippen LogP contribution in [0.4, 0.5) is 4.39 Å². The van der Waals surface area contributed by atoms with Gasteiger partial charge in [0, 0.05) is 13.1 Å². The summed E-state index contributed by atoms with van der Waals surface area (Å²) < 4.78 is 23.7. The zero-order chi connectivity index (χ0) is 15.1. The fourth-order valence-corrected chi connectivity index (χ4v) is 1.63. The number of amides is 1. The molecule has 0 aliphatic rings. The maximum absolute atomic E-state index is 13.3. The van der Waals surface area contributed by atoms with E-state index in [0.717, 1.165) is 0 Å².